The molecule has 1 rings (SSSR count). The summed E-state index contributed by atoms with van der Waals surface area (Å²) in [7, 11) is 4.96. The molecule has 0 aliphatic carbocycles. The molecule has 1 fully saturated rings. The summed E-state index contributed by atoms with van der Waals surface area (Å²) in [5.74, 6) is -0.565. The van der Waals surface area contributed by atoms with Crippen LogP contribution in [0, 0.1) is 0 Å². The quantitative estimate of drug-likeness (QED) is 0.295. The smallest absolute Gasteiger partial charge is 0.242 e. The highest BCUT2D eigenvalue weighted by atomic mass is 27.0. The minimum atomic E-state index is -0.282. The van der Waals surface area contributed by atoms with E-state index in [1.807, 2.05) is 0 Å². The van der Waals surface area contributed by atoms with Crippen LogP contribution < -0.4 is 0 Å². The number of hydrogen-bond donors (Lipinski definition) is 0. The number of nitrogens with zero attached hydrogens (tertiary/aromatic N) is 1. The third-order valence-corrected chi connectivity index (χ3v) is 1.09. The van der Waals surface area contributed by atoms with Gasteiger partial charge in [0, 0.05) is 12.8 Å². The zero-order valence-corrected chi connectivity index (χ0v) is 7.26. The second-order valence-corrected chi connectivity index (χ2v) is 1.66. The molecule has 5 heteroatoms. The fourth-order valence-corrected chi connectivity index (χ4v) is 0.594. The van der Waals surface area contributed by atoms with Gasteiger partial charge >= 0.3 is 0 Å². The van der Waals surface area contributed by atoms with E-state index in [0.29, 0.717) is 4.81 Å². The van der Waals surface area contributed by atoms with Crippen LogP contribution in [-0.4, -0.2) is 42.0 Å². The van der Waals surface area contributed by atoms with Crippen molar-refractivity contribution in [2.75, 3.05) is 0 Å². The molecule has 0 atom stereocenters. The van der Waals surface area contributed by atoms with Crippen LogP contribution in [0.3, 0.4) is 0 Å². The summed E-state index contributed by atoms with van der Waals surface area (Å²) in [5.41, 5.74) is 0. The van der Waals surface area contributed by atoms with Crippen LogP contribution in [0.4, 0.5) is 0 Å². The molecule has 3 radical (unpaired) electrons. The molecular weight excluding hydrogens is 132 g/mol. The average molecular weight is 138 g/mol. The van der Waals surface area contributed by atoms with Crippen molar-refractivity contribution in [3.05, 3.63) is 0 Å². The van der Waals surface area contributed by atoms with Crippen molar-refractivity contribution >= 4 is 37.2 Å². The molecule has 1 heterocycles. The Balaban J connectivity index is 0.000000640. The Hall–Kier alpha value is -0.263. The maximum absolute atomic E-state index is 10.4. The maximum Gasteiger partial charge on any atom is 0.242 e. The van der Waals surface area contributed by atoms with Crippen LogP contribution in [0.5, 0.6) is 0 Å². The van der Waals surface area contributed by atoms with Gasteiger partial charge in [-0.05, 0) is 0 Å². The summed E-state index contributed by atoms with van der Waals surface area (Å²) in [4.78, 5) is 21.4. The van der Waals surface area contributed by atoms with Gasteiger partial charge in [0.2, 0.25) is 19.8 Å². The van der Waals surface area contributed by atoms with Gasteiger partial charge < -0.3 is 4.81 Å². The first kappa shape index (κ1) is 8.74. The molecule has 0 aromatic heterocycles. The van der Waals surface area contributed by atoms with Gasteiger partial charge in [-0.3, -0.25) is 9.59 Å². The van der Waals surface area contributed by atoms with Crippen molar-refractivity contribution in [2.45, 2.75) is 12.8 Å². The Kier molecular flexibility index (Phi) is 2.96. The van der Waals surface area contributed by atoms with E-state index in [0.717, 1.165) is 0 Å². The normalized spacial score (nSPS) is 18.0. The number of carbonyl (C=O) groups excluding carboxylic acids is 2. The summed E-state index contributed by atoms with van der Waals surface area (Å²) in [6, 6.07) is 0. The summed E-state index contributed by atoms with van der Waals surface area (Å²) < 4.78 is 0. The summed E-state index contributed by atoms with van der Waals surface area (Å²) in [5, 5.41) is 0. The molecule has 1 saturated heterocycles. The molecule has 0 aromatic rings. The third kappa shape index (κ3) is 1.57. The van der Waals surface area contributed by atoms with Gasteiger partial charge in [-0.25, -0.2) is 0 Å². The standard InChI is InChI=1S/C4H4BNO2.Al.2H/c5-6-3(7)1-2-4(6)8;;;/h1-2H2;;;. The summed E-state index contributed by atoms with van der Waals surface area (Å²) >= 11 is 0. The number of hydrogen-bond acceptors (Lipinski definition) is 2. The maximum atomic E-state index is 10.4. The van der Waals surface area contributed by atoms with Crippen molar-refractivity contribution in [1.29, 1.82) is 0 Å². The lowest BCUT2D eigenvalue weighted by Gasteiger charge is -2.02. The molecular formula is C4H6AlBNO2. The number of imide groups is 1. The van der Waals surface area contributed by atoms with Gasteiger partial charge in [0.15, 0.2) is 0 Å². The van der Waals surface area contributed by atoms with Gasteiger partial charge in [-0.1, -0.05) is 0 Å². The molecule has 3 nitrogen and oxygen atoms in total. The van der Waals surface area contributed by atoms with Crippen molar-refractivity contribution in [1.82, 2.24) is 4.81 Å². The van der Waals surface area contributed by atoms with E-state index in [-0.39, 0.29) is 42.0 Å². The van der Waals surface area contributed by atoms with E-state index < -0.39 is 0 Å². The molecule has 2 amide bonds. The molecule has 9 heavy (non-hydrogen) atoms. The largest absolute Gasteiger partial charge is 0.341 e. The fourth-order valence-electron chi connectivity index (χ4n) is 0.594. The lowest BCUT2D eigenvalue weighted by atomic mass is 10.3. The Morgan fingerprint density at radius 3 is 1.67 bits per heavy atom. The predicted molar refractivity (Wildman–Crippen MR) is 35.4 cm³/mol. The predicted octanol–water partition coefficient (Wildman–Crippen LogP) is -1.70. The molecule has 0 bridgehead atoms. The zero-order chi connectivity index (χ0) is 6.15. The van der Waals surface area contributed by atoms with Gasteiger partial charge in [0.05, 0.1) is 0 Å². The SMILES string of the molecule is [AlH2].[B]N1C(=O)CCC1=O. The first-order chi connectivity index (χ1) is 3.72. The van der Waals surface area contributed by atoms with Crippen LogP contribution in [0.1, 0.15) is 12.8 Å². The van der Waals surface area contributed by atoms with Crippen LogP contribution in [0.25, 0.3) is 0 Å². The molecule has 0 N–H and O–H groups in total. The van der Waals surface area contributed by atoms with Crippen molar-refractivity contribution < 1.29 is 9.59 Å². The molecule has 0 unspecified atom stereocenters. The molecule has 0 aromatic carbocycles. The van der Waals surface area contributed by atoms with Crippen LogP contribution in [0.15, 0.2) is 0 Å². The minimum Gasteiger partial charge on any atom is -0.341 e. The Bertz CT molecular complexity index is 134. The van der Waals surface area contributed by atoms with Gasteiger partial charge in [0.1, 0.15) is 17.4 Å². The molecule has 0 spiro atoms. The minimum absolute atomic E-state index is 0. The van der Waals surface area contributed by atoms with E-state index in [1.165, 1.54) is 0 Å². The van der Waals surface area contributed by atoms with Gasteiger partial charge in [-0.2, -0.15) is 0 Å². The van der Waals surface area contributed by atoms with E-state index in [9.17, 15) is 9.59 Å². The summed E-state index contributed by atoms with van der Waals surface area (Å²) in [6.45, 7) is 0. The van der Waals surface area contributed by atoms with E-state index in [1.54, 1.807) is 0 Å². The molecule has 45 valence electrons. The first-order valence-corrected chi connectivity index (χ1v) is 2.32. The first-order valence-electron chi connectivity index (χ1n) is 2.32. The Labute approximate surface area is 65.0 Å². The average Bonchev–Trinajstić information content (AvgIpc) is 1.98. The van der Waals surface area contributed by atoms with Crippen molar-refractivity contribution in [2.24, 2.45) is 0 Å². The highest BCUT2D eigenvalue weighted by Gasteiger charge is 2.23. The van der Waals surface area contributed by atoms with E-state index in [4.69, 9.17) is 7.98 Å². The highest BCUT2D eigenvalue weighted by molar-refractivity contribution is 6.27. The van der Waals surface area contributed by atoms with Crippen LogP contribution in [0.2, 0.25) is 0 Å². The fraction of sp³-hybridized carbons (Fsp3) is 0.500. The van der Waals surface area contributed by atoms with Crippen molar-refractivity contribution in [3.8, 4) is 0 Å². The number of carbonyl (C=O) groups is 2. The molecule has 1 aliphatic heterocycles. The van der Waals surface area contributed by atoms with Crippen LogP contribution in [-0.2, 0) is 9.59 Å². The molecule has 0 saturated carbocycles. The van der Waals surface area contributed by atoms with E-state index in [2.05, 4.69) is 0 Å². The highest BCUT2D eigenvalue weighted by Crippen LogP contribution is 2.06. The van der Waals surface area contributed by atoms with E-state index >= 15 is 0 Å². The second-order valence-electron chi connectivity index (χ2n) is 1.66. The Morgan fingerprint density at radius 2 is 1.56 bits per heavy atom. The Morgan fingerprint density at radius 1 is 1.22 bits per heavy atom. The number of rotatable bonds is 0. The summed E-state index contributed by atoms with van der Waals surface area (Å²) in [6.07, 6.45) is 0.546. The topological polar surface area (TPSA) is 37.4 Å². The zero-order valence-electron chi connectivity index (χ0n) is 5.26. The monoisotopic (exact) mass is 138 g/mol. The lowest BCUT2D eigenvalue weighted by Crippen LogP contribution is -2.25. The second kappa shape index (κ2) is 3.05. The van der Waals surface area contributed by atoms with Crippen LogP contribution >= 0.6 is 0 Å². The van der Waals surface area contributed by atoms with Gasteiger partial charge in [-0.15, -0.1) is 0 Å². The lowest BCUT2D eigenvalue weighted by molar-refractivity contribution is -0.132. The molecule has 1 aliphatic rings. The van der Waals surface area contributed by atoms with Gasteiger partial charge in [0.25, 0.3) is 0 Å². The third-order valence-electron chi connectivity index (χ3n) is 1.09. The number of amides is 2. The van der Waals surface area contributed by atoms with Crippen molar-refractivity contribution in [3.63, 3.8) is 0 Å².